The zero-order valence-corrected chi connectivity index (χ0v) is 16.6. The lowest BCUT2D eigenvalue weighted by Gasteiger charge is -2.43. The Morgan fingerprint density at radius 2 is 1.38 bits per heavy atom. The lowest BCUT2D eigenvalue weighted by molar-refractivity contribution is 0.0546. The molecule has 3 fully saturated rings. The molecule has 0 aliphatic carbocycles. The van der Waals surface area contributed by atoms with Crippen LogP contribution >= 0.6 is 0 Å². The molecule has 5 heteroatoms. The zero-order valence-electron chi connectivity index (χ0n) is 16.6. The molecule has 0 amide bonds. The van der Waals surface area contributed by atoms with Crippen molar-refractivity contribution < 1.29 is 0 Å². The first-order chi connectivity index (χ1) is 11.7. The van der Waals surface area contributed by atoms with Gasteiger partial charge in [-0.3, -0.25) is 10.3 Å². The molecule has 24 heavy (non-hydrogen) atoms. The molecule has 0 aromatic heterocycles. The largest absolute Gasteiger partial charge is 0.304 e. The van der Waals surface area contributed by atoms with Crippen molar-refractivity contribution in [2.45, 2.75) is 45.6 Å². The van der Waals surface area contributed by atoms with Crippen LogP contribution in [0.3, 0.4) is 0 Å². The average molecular weight is 340 g/mol. The van der Waals surface area contributed by atoms with Crippen LogP contribution in [-0.4, -0.2) is 98.7 Å². The number of nitrogens with one attached hydrogen (secondary N) is 1. The van der Waals surface area contributed by atoms with Crippen molar-refractivity contribution in [2.75, 3.05) is 73.0 Å². The minimum absolute atomic E-state index is 0.857. The van der Waals surface area contributed by atoms with Crippen molar-refractivity contribution in [2.24, 2.45) is 5.92 Å². The van der Waals surface area contributed by atoms with Gasteiger partial charge in [0, 0.05) is 51.9 Å². The summed E-state index contributed by atoms with van der Waals surface area (Å²) in [5, 5.41) is 2.36. The summed E-state index contributed by atoms with van der Waals surface area (Å²) in [6.07, 6.45) is 5.50. The number of hydrogen-bond donors (Lipinski definition) is 1. The molecule has 0 bridgehead atoms. The second-order valence-electron chi connectivity index (χ2n) is 7.53. The van der Waals surface area contributed by atoms with Gasteiger partial charge in [-0.1, -0.05) is 13.8 Å². The molecular formula is C19H41N5. The number of likely N-dealkylation sites (tertiary alicyclic amines) is 1. The van der Waals surface area contributed by atoms with E-state index < -0.39 is 0 Å². The van der Waals surface area contributed by atoms with Crippen molar-refractivity contribution >= 4 is 0 Å². The Kier molecular flexibility index (Phi) is 8.98. The van der Waals surface area contributed by atoms with E-state index in [0.717, 1.165) is 12.0 Å². The molecule has 142 valence electrons. The number of nitrogens with zero attached hydrogens (tertiary/aromatic N) is 4. The SMILES string of the molecule is CC.CNN1CCC(CN2CCC(N3CCN(C)CC3)CC2)CC1. The molecule has 0 spiro atoms. The van der Waals surface area contributed by atoms with Gasteiger partial charge in [0.2, 0.25) is 0 Å². The molecular weight excluding hydrogens is 298 g/mol. The fourth-order valence-corrected chi connectivity index (χ4v) is 4.36. The molecule has 5 nitrogen and oxygen atoms in total. The summed E-state index contributed by atoms with van der Waals surface area (Å²) in [5.41, 5.74) is 3.28. The minimum Gasteiger partial charge on any atom is -0.304 e. The highest BCUT2D eigenvalue weighted by Gasteiger charge is 2.28. The van der Waals surface area contributed by atoms with Crippen LogP contribution in [0.5, 0.6) is 0 Å². The van der Waals surface area contributed by atoms with Crippen molar-refractivity contribution in [3.05, 3.63) is 0 Å². The molecule has 0 atom stereocenters. The fourth-order valence-electron chi connectivity index (χ4n) is 4.36. The Labute approximate surface area is 150 Å². The fraction of sp³-hybridized carbons (Fsp3) is 1.00. The lowest BCUT2D eigenvalue weighted by Crippen LogP contribution is -2.53. The van der Waals surface area contributed by atoms with Gasteiger partial charge in [0.1, 0.15) is 0 Å². The summed E-state index contributed by atoms with van der Waals surface area (Å²) < 4.78 is 0. The Bertz CT molecular complexity index is 314. The number of hydrazine groups is 1. The van der Waals surface area contributed by atoms with Gasteiger partial charge in [-0.15, -0.1) is 0 Å². The number of piperazine rings is 1. The van der Waals surface area contributed by atoms with Crippen LogP contribution in [0.25, 0.3) is 0 Å². The van der Waals surface area contributed by atoms with E-state index in [9.17, 15) is 0 Å². The van der Waals surface area contributed by atoms with Crippen molar-refractivity contribution in [1.82, 2.24) is 25.1 Å². The third-order valence-electron chi connectivity index (χ3n) is 6.06. The predicted molar refractivity (Wildman–Crippen MR) is 103 cm³/mol. The normalized spacial score (nSPS) is 27.0. The van der Waals surface area contributed by atoms with Crippen molar-refractivity contribution in [1.29, 1.82) is 0 Å². The van der Waals surface area contributed by atoms with Crippen LogP contribution in [0.2, 0.25) is 0 Å². The lowest BCUT2D eigenvalue weighted by atomic mass is 9.95. The van der Waals surface area contributed by atoms with Gasteiger partial charge >= 0.3 is 0 Å². The Morgan fingerprint density at radius 1 is 0.792 bits per heavy atom. The Morgan fingerprint density at radius 3 is 1.92 bits per heavy atom. The van der Waals surface area contributed by atoms with Gasteiger partial charge in [-0.25, -0.2) is 5.01 Å². The van der Waals surface area contributed by atoms with Gasteiger partial charge in [0.15, 0.2) is 0 Å². The molecule has 0 aromatic rings. The van der Waals surface area contributed by atoms with E-state index in [1.54, 1.807) is 0 Å². The van der Waals surface area contributed by atoms with Gasteiger partial charge in [-0.2, -0.15) is 0 Å². The van der Waals surface area contributed by atoms with Gasteiger partial charge < -0.3 is 9.80 Å². The van der Waals surface area contributed by atoms with Gasteiger partial charge in [-0.05, 0) is 58.8 Å². The topological polar surface area (TPSA) is 25.0 Å². The van der Waals surface area contributed by atoms with E-state index in [0.29, 0.717) is 0 Å². The molecule has 3 aliphatic rings. The summed E-state index contributed by atoms with van der Waals surface area (Å²) in [6, 6.07) is 0.857. The van der Waals surface area contributed by atoms with Crippen LogP contribution in [0.4, 0.5) is 0 Å². The zero-order chi connectivity index (χ0) is 17.4. The van der Waals surface area contributed by atoms with E-state index in [-0.39, 0.29) is 0 Å². The molecule has 0 saturated carbocycles. The summed E-state index contributed by atoms with van der Waals surface area (Å²) in [7, 11) is 4.29. The van der Waals surface area contributed by atoms with Crippen molar-refractivity contribution in [3.63, 3.8) is 0 Å². The maximum absolute atomic E-state index is 3.28. The second-order valence-corrected chi connectivity index (χ2v) is 7.53. The summed E-state index contributed by atoms with van der Waals surface area (Å²) >= 11 is 0. The van der Waals surface area contributed by atoms with Crippen LogP contribution in [0.15, 0.2) is 0 Å². The van der Waals surface area contributed by atoms with Crippen molar-refractivity contribution in [3.8, 4) is 0 Å². The number of hydrogen-bond acceptors (Lipinski definition) is 5. The maximum atomic E-state index is 3.28. The molecule has 3 saturated heterocycles. The van der Waals surface area contributed by atoms with Gasteiger partial charge in [0.25, 0.3) is 0 Å². The van der Waals surface area contributed by atoms with Gasteiger partial charge in [0.05, 0.1) is 0 Å². The Balaban J connectivity index is 0.00000100. The predicted octanol–water partition coefficient (Wildman–Crippen LogP) is 1.57. The highest BCUT2D eigenvalue weighted by molar-refractivity contribution is 4.84. The molecule has 3 rings (SSSR count). The Hall–Kier alpha value is -0.200. The standard InChI is InChI=1S/C17H35N5.C2H6/c1-18-22-9-3-16(4-10-22)15-20-7-5-17(6-8-20)21-13-11-19(2)12-14-21;1-2/h16-18H,3-15H2,1-2H3;1-2H3. The first-order valence-electron chi connectivity index (χ1n) is 10.3. The van der Waals surface area contributed by atoms with Crippen LogP contribution in [-0.2, 0) is 0 Å². The number of likely N-dealkylation sites (N-methyl/N-ethyl adjacent to an activating group) is 1. The van der Waals surface area contributed by atoms with E-state index in [2.05, 4.69) is 32.2 Å². The highest BCUT2D eigenvalue weighted by Crippen LogP contribution is 2.22. The third-order valence-corrected chi connectivity index (χ3v) is 6.06. The van der Waals surface area contributed by atoms with Crippen LogP contribution < -0.4 is 5.43 Å². The molecule has 0 unspecified atom stereocenters. The average Bonchev–Trinajstić information content (AvgIpc) is 2.65. The number of rotatable bonds is 4. The smallest absolute Gasteiger partial charge is 0.0134 e. The monoisotopic (exact) mass is 339 g/mol. The summed E-state index contributed by atoms with van der Waals surface area (Å²) in [6.45, 7) is 15.5. The second kappa shape index (κ2) is 10.7. The molecule has 3 heterocycles. The first kappa shape index (κ1) is 20.1. The molecule has 3 aliphatic heterocycles. The van der Waals surface area contributed by atoms with E-state index in [4.69, 9.17) is 0 Å². The third kappa shape index (κ3) is 5.95. The summed E-state index contributed by atoms with van der Waals surface area (Å²) in [4.78, 5) is 7.96. The molecule has 0 aromatic carbocycles. The maximum Gasteiger partial charge on any atom is 0.0134 e. The first-order valence-corrected chi connectivity index (χ1v) is 10.3. The van der Waals surface area contributed by atoms with E-state index >= 15 is 0 Å². The van der Waals surface area contributed by atoms with E-state index in [1.165, 1.54) is 84.6 Å². The summed E-state index contributed by atoms with van der Waals surface area (Å²) in [5.74, 6) is 0.921. The highest BCUT2D eigenvalue weighted by atomic mass is 15.5. The molecule has 1 N–H and O–H groups in total. The van der Waals surface area contributed by atoms with Crippen LogP contribution in [0, 0.1) is 5.92 Å². The minimum atomic E-state index is 0.857. The molecule has 0 radical (unpaired) electrons. The van der Waals surface area contributed by atoms with Crippen LogP contribution in [0.1, 0.15) is 39.5 Å². The quantitative estimate of drug-likeness (QED) is 0.838. The van der Waals surface area contributed by atoms with E-state index in [1.807, 2.05) is 20.9 Å². The number of piperidine rings is 2.